The standard InChI is InChI=1S/C13H9F3N6O3/c1-22-12(25)8(10(23)13(14,15)16)9(20-22)11(24)17-5-2-3-6-7(4-5)19-21-18-6/h2-4,20H,1H3,(H,17,24)(H,18,19,21). The van der Waals surface area contributed by atoms with Crippen molar-refractivity contribution in [2.75, 3.05) is 5.32 Å². The Balaban J connectivity index is 1.98. The lowest BCUT2D eigenvalue weighted by atomic mass is 10.1. The first kappa shape index (κ1) is 16.4. The molecular weight excluding hydrogens is 345 g/mol. The number of benzene rings is 1. The number of nitrogens with one attached hydrogen (secondary N) is 3. The molecule has 0 saturated heterocycles. The average molecular weight is 354 g/mol. The van der Waals surface area contributed by atoms with E-state index in [4.69, 9.17) is 0 Å². The zero-order valence-corrected chi connectivity index (χ0v) is 12.4. The lowest BCUT2D eigenvalue weighted by Crippen LogP contribution is -2.31. The van der Waals surface area contributed by atoms with Crippen molar-refractivity contribution < 1.29 is 22.8 Å². The van der Waals surface area contributed by atoms with E-state index in [0.717, 1.165) is 7.05 Å². The van der Waals surface area contributed by atoms with Crippen molar-refractivity contribution in [1.29, 1.82) is 0 Å². The molecule has 3 aromatic rings. The number of hydrogen-bond acceptors (Lipinski definition) is 5. The number of nitrogens with zero attached hydrogens (tertiary/aromatic N) is 3. The van der Waals surface area contributed by atoms with Crippen LogP contribution in [0.1, 0.15) is 20.8 Å². The first-order valence-electron chi connectivity index (χ1n) is 6.71. The summed E-state index contributed by atoms with van der Waals surface area (Å²) in [5.74, 6) is -3.47. The van der Waals surface area contributed by atoms with E-state index in [0.29, 0.717) is 15.7 Å². The van der Waals surface area contributed by atoms with Gasteiger partial charge in [-0.05, 0) is 18.2 Å². The molecule has 1 amide bonds. The minimum absolute atomic E-state index is 0.196. The number of carbonyl (C=O) groups is 2. The second-order valence-electron chi connectivity index (χ2n) is 5.03. The number of alkyl halides is 3. The van der Waals surface area contributed by atoms with Crippen molar-refractivity contribution >= 4 is 28.4 Å². The van der Waals surface area contributed by atoms with Crippen LogP contribution in [-0.4, -0.2) is 43.1 Å². The molecule has 2 heterocycles. The van der Waals surface area contributed by atoms with Crippen LogP contribution in [-0.2, 0) is 7.05 Å². The maximum atomic E-state index is 12.7. The number of hydrogen-bond donors (Lipinski definition) is 3. The molecule has 3 N–H and O–H groups in total. The third kappa shape index (κ3) is 2.88. The summed E-state index contributed by atoms with van der Waals surface area (Å²) in [6.45, 7) is 0. The van der Waals surface area contributed by atoms with Gasteiger partial charge in [0.05, 0.1) is 0 Å². The molecule has 25 heavy (non-hydrogen) atoms. The monoisotopic (exact) mass is 354 g/mol. The van der Waals surface area contributed by atoms with Gasteiger partial charge in [-0.25, -0.2) is 0 Å². The quantitative estimate of drug-likeness (QED) is 0.605. The summed E-state index contributed by atoms with van der Waals surface area (Å²) < 4.78 is 38.6. The molecule has 3 rings (SSSR count). The largest absolute Gasteiger partial charge is 0.455 e. The third-order valence-corrected chi connectivity index (χ3v) is 3.33. The Kier molecular flexibility index (Phi) is 3.66. The van der Waals surface area contributed by atoms with Crippen LogP contribution in [0.5, 0.6) is 0 Å². The molecule has 0 spiro atoms. The van der Waals surface area contributed by atoms with Crippen LogP contribution < -0.4 is 10.9 Å². The lowest BCUT2D eigenvalue weighted by molar-refractivity contribution is -0.0886. The second kappa shape index (κ2) is 5.58. The summed E-state index contributed by atoms with van der Waals surface area (Å²) >= 11 is 0. The van der Waals surface area contributed by atoms with Crippen molar-refractivity contribution in [2.24, 2.45) is 7.05 Å². The van der Waals surface area contributed by atoms with E-state index in [1.807, 2.05) is 0 Å². The summed E-state index contributed by atoms with van der Waals surface area (Å²) in [5.41, 5.74) is -2.18. The second-order valence-corrected chi connectivity index (χ2v) is 5.03. The summed E-state index contributed by atoms with van der Waals surface area (Å²) in [7, 11) is 1.09. The molecule has 9 nitrogen and oxygen atoms in total. The zero-order valence-electron chi connectivity index (χ0n) is 12.4. The van der Waals surface area contributed by atoms with Gasteiger partial charge < -0.3 is 5.32 Å². The van der Waals surface area contributed by atoms with Crippen LogP contribution in [0.2, 0.25) is 0 Å². The highest BCUT2D eigenvalue weighted by molar-refractivity contribution is 6.13. The van der Waals surface area contributed by atoms with Gasteiger partial charge in [0.15, 0.2) is 0 Å². The molecule has 12 heteroatoms. The van der Waals surface area contributed by atoms with Crippen molar-refractivity contribution in [3.05, 3.63) is 39.8 Å². The van der Waals surface area contributed by atoms with Crippen LogP contribution in [0.3, 0.4) is 0 Å². The van der Waals surface area contributed by atoms with Gasteiger partial charge in [0.25, 0.3) is 17.2 Å². The number of H-pyrrole nitrogens is 2. The lowest BCUT2D eigenvalue weighted by Gasteiger charge is -2.06. The highest BCUT2D eigenvalue weighted by Crippen LogP contribution is 2.22. The van der Waals surface area contributed by atoms with E-state index < -0.39 is 34.7 Å². The van der Waals surface area contributed by atoms with E-state index in [1.54, 1.807) is 0 Å². The van der Waals surface area contributed by atoms with Gasteiger partial charge in [-0.3, -0.25) is 24.2 Å². The topological polar surface area (TPSA) is 126 Å². The van der Waals surface area contributed by atoms with E-state index in [2.05, 4.69) is 25.8 Å². The Labute approximate surface area is 135 Å². The molecule has 0 aliphatic carbocycles. The maximum Gasteiger partial charge on any atom is 0.455 e. The van der Waals surface area contributed by atoms with E-state index in [9.17, 15) is 27.6 Å². The Morgan fingerprint density at radius 2 is 1.88 bits per heavy atom. The van der Waals surface area contributed by atoms with E-state index >= 15 is 0 Å². The Morgan fingerprint density at radius 3 is 2.56 bits per heavy atom. The maximum absolute atomic E-state index is 12.7. The molecule has 1 aromatic carbocycles. The highest BCUT2D eigenvalue weighted by Gasteiger charge is 2.44. The fourth-order valence-electron chi connectivity index (χ4n) is 2.18. The van der Waals surface area contributed by atoms with Gasteiger partial charge in [-0.2, -0.15) is 28.6 Å². The highest BCUT2D eigenvalue weighted by atomic mass is 19.4. The molecule has 0 aliphatic heterocycles. The molecule has 0 bridgehead atoms. The molecule has 2 aromatic heterocycles. The minimum Gasteiger partial charge on any atom is -0.321 e. The smallest absolute Gasteiger partial charge is 0.321 e. The summed E-state index contributed by atoms with van der Waals surface area (Å²) in [6.07, 6.45) is -5.29. The van der Waals surface area contributed by atoms with E-state index in [1.165, 1.54) is 18.2 Å². The molecule has 0 unspecified atom stereocenters. The fourth-order valence-corrected chi connectivity index (χ4v) is 2.18. The number of fused-ring (bicyclic) bond motifs is 1. The number of anilines is 1. The van der Waals surface area contributed by atoms with Crippen LogP contribution >= 0.6 is 0 Å². The van der Waals surface area contributed by atoms with Crippen molar-refractivity contribution in [2.45, 2.75) is 6.18 Å². The Morgan fingerprint density at radius 1 is 1.20 bits per heavy atom. The van der Waals surface area contributed by atoms with Gasteiger partial charge in [0.2, 0.25) is 0 Å². The first-order chi connectivity index (χ1) is 11.7. The van der Waals surface area contributed by atoms with Crippen molar-refractivity contribution in [1.82, 2.24) is 25.2 Å². The van der Waals surface area contributed by atoms with Crippen molar-refractivity contribution in [3.8, 4) is 0 Å². The number of carbonyl (C=O) groups excluding carboxylic acids is 2. The first-order valence-corrected chi connectivity index (χ1v) is 6.71. The number of aromatic amines is 2. The van der Waals surface area contributed by atoms with Gasteiger partial charge in [-0.15, -0.1) is 0 Å². The number of ketones is 1. The number of halogens is 3. The van der Waals surface area contributed by atoms with Gasteiger partial charge in [-0.1, -0.05) is 0 Å². The molecular formula is C13H9F3N6O3. The van der Waals surface area contributed by atoms with Gasteiger partial charge in [0.1, 0.15) is 22.3 Å². The van der Waals surface area contributed by atoms with Crippen LogP contribution in [0, 0.1) is 0 Å². The molecule has 0 radical (unpaired) electrons. The third-order valence-electron chi connectivity index (χ3n) is 3.33. The predicted octanol–water partition coefficient (Wildman–Crippen LogP) is 0.982. The van der Waals surface area contributed by atoms with E-state index in [-0.39, 0.29) is 5.69 Å². The number of Topliss-reactive ketones (excluding diaryl/α,β-unsaturated/α-hetero) is 1. The molecule has 0 saturated carbocycles. The van der Waals surface area contributed by atoms with Gasteiger partial charge >= 0.3 is 6.18 Å². The summed E-state index contributed by atoms with van der Waals surface area (Å²) in [5, 5.41) is 14.4. The number of rotatable bonds is 3. The van der Waals surface area contributed by atoms with Crippen LogP contribution in [0.15, 0.2) is 23.0 Å². The zero-order chi connectivity index (χ0) is 18.4. The van der Waals surface area contributed by atoms with Crippen molar-refractivity contribution in [3.63, 3.8) is 0 Å². The summed E-state index contributed by atoms with van der Waals surface area (Å²) in [6, 6.07) is 4.38. The van der Waals surface area contributed by atoms with Crippen LogP contribution in [0.4, 0.5) is 18.9 Å². The molecule has 0 aliphatic rings. The molecule has 0 atom stereocenters. The number of aromatic nitrogens is 5. The fraction of sp³-hybridized carbons (Fsp3) is 0.154. The summed E-state index contributed by atoms with van der Waals surface area (Å²) in [4.78, 5) is 35.5. The van der Waals surface area contributed by atoms with Gasteiger partial charge in [0, 0.05) is 12.7 Å². The SMILES string of the molecule is Cn1[nH]c(C(=O)Nc2ccc3n[nH]nc3c2)c(C(=O)C(F)(F)F)c1=O. The normalized spacial score (nSPS) is 11.7. The predicted molar refractivity (Wildman–Crippen MR) is 78.3 cm³/mol. The molecule has 0 fully saturated rings. The average Bonchev–Trinajstić information content (AvgIpc) is 3.10. The number of aryl methyl sites for hydroxylation is 1. The van der Waals surface area contributed by atoms with Crippen LogP contribution in [0.25, 0.3) is 11.0 Å². The Bertz CT molecular complexity index is 1050. The minimum atomic E-state index is -5.29. The Hall–Kier alpha value is -3.44. The molecule has 130 valence electrons. The number of amides is 1.